The molecule has 2 fully saturated rings. The third-order valence-corrected chi connectivity index (χ3v) is 5.43. The van der Waals surface area contributed by atoms with Gasteiger partial charge in [0, 0.05) is 43.1 Å². The van der Waals surface area contributed by atoms with Crippen LogP contribution >= 0.6 is 0 Å². The van der Waals surface area contributed by atoms with Crippen LogP contribution in [0.2, 0.25) is 0 Å². The molecule has 0 spiro atoms. The first-order valence-electron chi connectivity index (χ1n) is 9.20. The van der Waals surface area contributed by atoms with Crippen LogP contribution in [0.15, 0.2) is 36.0 Å². The highest BCUT2D eigenvalue weighted by atomic mass is 16.3. The van der Waals surface area contributed by atoms with Crippen molar-refractivity contribution in [3.05, 3.63) is 36.0 Å². The standard InChI is InChI=1S/C19H24N4O3/c24-11-10-23-18(25)12-17(19(23)26)20-14-3-5-15(6-4-14)22-9-8-21-7-1-2-16(21)13-22/h3-6,12,16,20,24H,1-2,7-11,13H2. The normalized spacial score (nSPS) is 23.4. The average Bonchev–Trinajstić information content (AvgIpc) is 3.22. The summed E-state index contributed by atoms with van der Waals surface area (Å²) in [7, 11) is 0. The van der Waals surface area contributed by atoms with Gasteiger partial charge in [-0.15, -0.1) is 0 Å². The minimum Gasteiger partial charge on any atom is -0.395 e. The lowest BCUT2D eigenvalue weighted by atomic mass is 10.1. The monoisotopic (exact) mass is 356 g/mol. The first-order valence-corrected chi connectivity index (χ1v) is 9.20. The molecule has 26 heavy (non-hydrogen) atoms. The Balaban J connectivity index is 1.40. The van der Waals surface area contributed by atoms with Crippen LogP contribution < -0.4 is 10.2 Å². The summed E-state index contributed by atoms with van der Waals surface area (Å²) in [4.78, 5) is 30.0. The van der Waals surface area contributed by atoms with Crippen molar-refractivity contribution in [2.24, 2.45) is 0 Å². The number of anilines is 2. The van der Waals surface area contributed by atoms with Crippen molar-refractivity contribution < 1.29 is 14.7 Å². The second kappa shape index (κ2) is 7.09. The zero-order valence-corrected chi connectivity index (χ0v) is 14.7. The largest absolute Gasteiger partial charge is 0.395 e. The van der Waals surface area contributed by atoms with E-state index in [4.69, 9.17) is 5.11 Å². The molecule has 138 valence electrons. The second-order valence-electron chi connectivity index (χ2n) is 7.03. The summed E-state index contributed by atoms with van der Waals surface area (Å²) < 4.78 is 0. The quantitative estimate of drug-likeness (QED) is 0.754. The molecular weight excluding hydrogens is 332 g/mol. The number of rotatable bonds is 5. The summed E-state index contributed by atoms with van der Waals surface area (Å²) in [6, 6.07) is 8.65. The smallest absolute Gasteiger partial charge is 0.277 e. The molecule has 3 aliphatic rings. The summed E-state index contributed by atoms with van der Waals surface area (Å²) in [6.07, 6.45) is 3.87. The number of aliphatic hydroxyl groups is 1. The number of hydrogen-bond acceptors (Lipinski definition) is 6. The molecule has 2 saturated heterocycles. The molecule has 4 rings (SSSR count). The summed E-state index contributed by atoms with van der Waals surface area (Å²) in [5.74, 6) is -0.789. The highest BCUT2D eigenvalue weighted by Crippen LogP contribution is 2.27. The van der Waals surface area contributed by atoms with E-state index in [9.17, 15) is 9.59 Å². The van der Waals surface area contributed by atoms with Gasteiger partial charge in [-0.3, -0.25) is 19.4 Å². The highest BCUT2D eigenvalue weighted by molar-refractivity contribution is 6.17. The van der Waals surface area contributed by atoms with Crippen LogP contribution in [0.5, 0.6) is 0 Å². The van der Waals surface area contributed by atoms with Gasteiger partial charge in [0.05, 0.1) is 13.2 Å². The Labute approximate surface area is 152 Å². The van der Waals surface area contributed by atoms with E-state index >= 15 is 0 Å². The number of hydrogen-bond donors (Lipinski definition) is 2. The second-order valence-corrected chi connectivity index (χ2v) is 7.03. The average molecular weight is 356 g/mol. The van der Waals surface area contributed by atoms with Gasteiger partial charge in [-0.05, 0) is 43.7 Å². The SMILES string of the molecule is O=C1C=C(Nc2ccc(N3CCN4CCCC4C3)cc2)C(=O)N1CCO. The Bertz CT molecular complexity index is 731. The Morgan fingerprint density at radius 1 is 1.12 bits per heavy atom. The molecule has 0 aliphatic carbocycles. The number of fused-ring (bicyclic) bond motifs is 1. The number of β-amino-alcohol motifs (C(OH)–C–C–N with tert-alkyl or cyclic N) is 1. The number of imide groups is 1. The van der Waals surface area contributed by atoms with Gasteiger partial charge in [0.15, 0.2) is 0 Å². The van der Waals surface area contributed by atoms with Gasteiger partial charge in [-0.1, -0.05) is 0 Å². The molecule has 7 heteroatoms. The lowest BCUT2D eigenvalue weighted by Crippen LogP contribution is -2.50. The molecule has 1 atom stereocenters. The Morgan fingerprint density at radius 2 is 1.92 bits per heavy atom. The molecule has 7 nitrogen and oxygen atoms in total. The van der Waals surface area contributed by atoms with Gasteiger partial charge >= 0.3 is 0 Å². The topological polar surface area (TPSA) is 76.1 Å². The van der Waals surface area contributed by atoms with Crippen LogP contribution in [-0.2, 0) is 9.59 Å². The summed E-state index contributed by atoms with van der Waals surface area (Å²) in [5, 5.41) is 12.0. The summed E-state index contributed by atoms with van der Waals surface area (Å²) in [5.41, 5.74) is 2.20. The van der Waals surface area contributed by atoms with E-state index in [1.165, 1.54) is 31.1 Å². The van der Waals surface area contributed by atoms with Crippen LogP contribution in [0.25, 0.3) is 0 Å². The fraction of sp³-hybridized carbons (Fsp3) is 0.474. The van der Waals surface area contributed by atoms with Crippen molar-refractivity contribution >= 4 is 23.2 Å². The lowest BCUT2D eigenvalue weighted by molar-refractivity contribution is -0.137. The molecule has 1 aromatic carbocycles. The van der Waals surface area contributed by atoms with Gasteiger partial charge in [0.2, 0.25) is 0 Å². The molecule has 3 aliphatic heterocycles. The van der Waals surface area contributed by atoms with Crippen molar-refractivity contribution in [1.82, 2.24) is 9.80 Å². The Kier molecular flexibility index (Phi) is 4.65. The van der Waals surface area contributed by atoms with E-state index in [0.29, 0.717) is 6.04 Å². The van der Waals surface area contributed by atoms with Gasteiger partial charge in [0.25, 0.3) is 11.8 Å². The fourth-order valence-electron chi connectivity index (χ4n) is 4.05. The molecule has 0 radical (unpaired) electrons. The lowest BCUT2D eigenvalue weighted by Gasteiger charge is -2.38. The molecule has 3 heterocycles. The molecule has 0 aromatic heterocycles. The van der Waals surface area contributed by atoms with Crippen LogP contribution in [0.3, 0.4) is 0 Å². The minimum atomic E-state index is -0.398. The van der Waals surface area contributed by atoms with Crippen molar-refractivity contribution in [2.75, 3.05) is 49.5 Å². The van der Waals surface area contributed by atoms with Gasteiger partial charge < -0.3 is 15.3 Å². The fourth-order valence-corrected chi connectivity index (χ4v) is 4.05. The molecule has 0 saturated carbocycles. The Hall–Kier alpha value is -2.38. The van der Waals surface area contributed by atoms with E-state index in [-0.39, 0.29) is 18.8 Å². The molecule has 0 bridgehead atoms. The molecule has 2 N–H and O–H groups in total. The zero-order chi connectivity index (χ0) is 18.1. The van der Waals surface area contributed by atoms with E-state index in [1.54, 1.807) is 0 Å². The minimum absolute atomic E-state index is 0.0193. The maximum Gasteiger partial charge on any atom is 0.277 e. The van der Waals surface area contributed by atoms with Crippen molar-refractivity contribution in [3.8, 4) is 0 Å². The maximum absolute atomic E-state index is 12.2. The van der Waals surface area contributed by atoms with Crippen LogP contribution in [0.4, 0.5) is 11.4 Å². The van der Waals surface area contributed by atoms with Crippen LogP contribution in [-0.4, -0.2) is 72.1 Å². The molecule has 1 unspecified atom stereocenters. The van der Waals surface area contributed by atoms with Crippen molar-refractivity contribution in [1.29, 1.82) is 0 Å². The number of benzene rings is 1. The number of piperazine rings is 1. The highest BCUT2D eigenvalue weighted by Gasteiger charge is 2.31. The third kappa shape index (κ3) is 3.20. The maximum atomic E-state index is 12.2. The number of carbonyl (C=O) groups excluding carboxylic acids is 2. The zero-order valence-electron chi connectivity index (χ0n) is 14.7. The van der Waals surface area contributed by atoms with E-state index in [1.807, 2.05) is 12.1 Å². The van der Waals surface area contributed by atoms with E-state index < -0.39 is 11.8 Å². The predicted octanol–water partition coefficient (Wildman–Crippen LogP) is 0.628. The summed E-state index contributed by atoms with van der Waals surface area (Å²) in [6.45, 7) is 4.25. The molecular formula is C19H24N4O3. The van der Waals surface area contributed by atoms with Crippen LogP contribution in [0.1, 0.15) is 12.8 Å². The first kappa shape index (κ1) is 17.1. The number of aliphatic hydroxyl groups excluding tert-OH is 1. The summed E-state index contributed by atoms with van der Waals surface area (Å²) >= 11 is 0. The van der Waals surface area contributed by atoms with Crippen LogP contribution in [0, 0.1) is 0 Å². The number of nitrogens with zero attached hydrogens (tertiary/aromatic N) is 3. The molecule has 2 amide bonds. The number of carbonyl (C=O) groups is 2. The van der Waals surface area contributed by atoms with E-state index in [0.717, 1.165) is 30.2 Å². The Morgan fingerprint density at radius 3 is 2.69 bits per heavy atom. The van der Waals surface area contributed by atoms with Gasteiger partial charge in [-0.25, -0.2) is 0 Å². The van der Waals surface area contributed by atoms with E-state index in [2.05, 4.69) is 27.2 Å². The van der Waals surface area contributed by atoms with Gasteiger partial charge in [-0.2, -0.15) is 0 Å². The predicted molar refractivity (Wildman–Crippen MR) is 98.8 cm³/mol. The number of amides is 2. The first-order chi connectivity index (χ1) is 12.7. The third-order valence-electron chi connectivity index (χ3n) is 5.43. The number of nitrogens with one attached hydrogen (secondary N) is 1. The van der Waals surface area contributed by atoms with Crippen molar-refractivity contribution in [2.45, 2.75) is 18.9 Å². The van der Waals surface area contributed by atoms with Gasteiger partial charge in [0.1, 0.15) is 5.70 Å². The van der Waals surface area contributed by atoms with Crippen molar-refractivity contribution in [3.63, 3.8) is 0 Å². The molecule has 1 aromatic rings.